The minimum atomic E-state index is 0.491. The van der Waals surface area contributed by atoms with E-state index in [0.29, 0.717) is 39.0 Å². The van der Waals surface area contributed by atoms with Gasteiger partial charge in [-0.3, -0.25) is 0 Å². The number of halogens is 4. The fraction of sp³-hybridized carbons (Fsp3) is 0.200. The van der Waals surface area contributed by atoms with Gasteiger partial charge >= 0.3 is 0 Å². The first-order valence-electron chi connectivity index (χ1n) is 6.30. The first-order valence-corrected chi connectivity index (χ1v) is 7.81. The fourth-order valence-corrected chi connectivity index (χ4v) is 3.02. The number of rotatable bonds is 5. The molecule has 0 unspecified atom stereocenters. The van der Waals surface area contributed by atoms with Crippen molar-refractivity contribution in [3.05, 3.63) is 56.0 Å². The Morgan fingerprint density at radius 1 is 0.905 bits per heavy atom. The van der Waals surface area contributed by atoms with Crippen LogP contribution in [0.5, 0.6) is 5.75 Å². The molecule has 0 aliphatic rings. The predicted octanol–water partition coefficient (Wildman–Crippen LogP) is 6.31. The zero-order valence-corrected chi connectivity index (χ0v) is 14.2. The number of hydrogen-bond donors (Lipinski definition) is 1. The van der Waals surface area contributed by atoms with Gasteiger partial charge in [0.1, 0.15) is 0 Å². The molecule has 112 valence electrons. The third-order valence-corrected chi connectivity index (χ3v) is 3.70. The van der Waals surface area contributed by atoms with Crippen LogP contribution in [-0.2, 0) is 6.54 Å². The molecule has 0 saturated carbocycles. The van der Waals surface area contributed by atoms with Gasteiger partial charge < -0.3 is 10.1 Å². The molecule has 0 atom stereocenters. The van der Waals surface area contributed by atoms with Crippen LogP contribution in [0.2, 0.25) is 20.1 Å². The summed E-state index contributed by atoms with van der Waals surface area (Å²) in [6.45, 7) is 2.94. The Balaban J connectivity index is 2.13. The van der Waals surface area contributed by atoms with E-state index in [-0.39, 0.29) is 0 Å². The van der Waals surface area contributed by atoms with E-state index >= 15 is 0 Å². The van der Waals surface area contributed by atoms with Gasteiger partial charge in [-0.2, -0.15) is 0 Å². The summed E-state index contributed by atoms with van der Waals surface area (Å²) in [5.41, 5.74) is 1.76. The smallest absolute Gasteiger partial charge is 0.156 e. The van der Waals surface area contributed by atoms with Gasteiger partial charge in [0.25, 0.3) is 0 Å². The van der Waals surface area contributed by atoms with Crippen LogP contribution >= 0.6 is 46.4 Å². The second kappa shape index (κ2) is 7.46. The summed E-state index contributed by atoms with van der Waals surface area (Å²) in [7, 11) is 0. The van der Waals surface area contributed by atoms with E-state index in [1.807, 2.05) is 19.1 Å². The summed E-state index contributed by atoms with van der Waals surface area (Å²) in [6, 6.07) is 8.91. The molecule has 0 fully saturated rings. The molecule has 6 heteroatoms. The van der Waals surface area contributed by atoms with E-state index in [2.05, 4.69) is 5.32 Å². The van der Waals surface area contributed by atoms with Crippen LogP contribution in [0.15, 0.2) is 30.3 Å². The van der Waals surface area contributed by atoms with Crippen LogP contribution in [0.4, 0.5) is 5.69 Å². The van der Waals surface area contributed by atoms with E-state index in [1.165, 1.54) is 0 Å². The molecule has 0 radical (unpaired) electrons. The van der Waals surface area contributed by atoms with Gasteiger partial charge in [-0.1, -0.05) is 46.4 Å². The first kappa shape index (κ1) is 16.6. The molecule has 0 spiro atoms. The number of anilines is 1. The third-order valence-electron chi connectivity index (χ3n) is 2.71. The first-order chi connectivity index (χ1) is 9.99. The van der Waals surface area contributed by atoms with Crippen LogP contribution in [0.3, 0.4) is 0 Å². The molecule has 1 N–H and O–H groups in total. The quantitative estimate of drug-likeness (QED) is 0.670. The van der Waals surface area contributed by atoms with Gasteiger partial charge in [0.15, 0.2) is 5.75 Å². The second-order valence-corrected chi connectivity index (χ2v) is 6.02. The SMILES string of the molecule is CCOc1c(Cl)cc(CNc2cc(Cl)cc(Cl)c2)cc1Cl. The van der Waals surface area contributed by atoms with Crippen LogP contribution in [0.25, 0.3) is 0 Å². The maximum Gasteiger partial charge on any atom is 0.156 e. The maximum atomic E-state index is 6.17. The summed E-state index contributed by atoms with van der Waals surface area (Å²) in [6.07, 6.45) is 0. The topological polar surface area (TPSA) is 21.3 Å². The second-order valence-electron chi connectivity index (χ2n) is 4.33. The molecule has 2 aromatic carbocycles. The Morgan fingerprint density at radius 3 is 2.00 bits per heavy atom. The fourth-order valence-electron chi connectivity index (χ4n) is 1.86. The Kier molecular flexibility index (Phi) is 5.88. The summed E-state index contributed by atoms with van der Waals surface area (Å²) < 4.78 is 5.40. The van der Waals surface area contributed by atoms with Crippen molar-refractivity contribution >= 4 is 52.1 Å². The maximum absolute atomic E-state index is 6.17. The highest BCUT2D eigenvalue weighted by Crippen LogP contribution is 2.34. The zero-order chi connectivity index (χ0) is 15.4. The highest BCUT2D eigenvalue weighted by Gasteiger charge is 2.09. The lowest BCUT2D eigenvalue weighted by atomic mass is 10.2. The summed E-state index contributed by atoms with van der Waals surface area (Å²) >= 11 is 24.2. The standard InChI is InChI=1S/C15H13Cl4NO/c1-2-21-15-13(18)3-9(4-14(15)19)8-20-12-6-10(16)5-11(17)7-12/h3-7,20H,2,8H2,1H3. The van der Waals surface area contributed by atoms with Gasteiger partial charge in [0.2, 0.25) is 0 Å². The Morgan fingerprint density at radius 2 is 1.48 bits per heavy atom. The van der Waals surface area contributed by atoms with Crippen molar-refractivity contribution in [1.29, 1.82) is 0 Å². The summed E-state index contributed by atoms with van der Waals surface area (Å²) in [5, 5.41) is 5.36. The molecule has 21 heavy (non-hydrogen) atoms. The van der Waals surface area contributed by atoms with Crippen molar-refractivity contribution in [2.45, 2.75) is 13.5 Å². The third kappa shape index (κ3) is 4.58. The van der Waals surface area contributed by atoms with E-state index < -0.39 is 0 Å². The molecule has 0 amide bonds. The molecule has 0 aromatic heterocycles. The van der Waals surface area contributed by atoms with Crippen molar-refractivity contribution in [1.82, 2.24) is 0 Å². The van der Waals surface area contributed by atoms with E-state index in [9.17, 15) is 0 Å². The Bertz CT molecular complexity index is 602. The van der Waals surface area contributed by atoms with Crippen molar-refractivity contribution in [3.8, 4) is 5.75 Å². The van der Waals surface area contributed by atoms with Crippen LogP contribution < -0.4 is 10.1 Å². The van der Waals surface area contributed by atoms with Crippen LogP contribution in [0, 0.1) is 0 Å². The molecular weight excluding hydrogens is 352 g/mol. The largest absolute Gasteiger partial charge is 0.491 e. The predicted molar refractivity (Wildman–Crippen MR) is 91.4 cm³/mol. The number of ether oxygens (including phenoxy) is 1. The van der Waals surface area contributed by atoms with Gasteiger partial charge in [0.05, 0.1) is 16.7 Å². The van der Waals surface area contributed by atoms with Crippen molar-refractivity contribution in [2.24, 2.45) is 0 Å². The molecule has 0 saturated heterocycles. The lowest BCUT2D eigenvalue weighted by Crippen LogP contribution is -2.01. The molecule has 2 nitrogen and oxygen atoms in total. The van der Waals surface area contributed by atoms with Crippen molar-refractivity contribution < 1.29 is 4.74 Å². The molecular formula is C15H13Cl4NO. The molecule has 0 aliphatic carbocycles. The molecule has 2 rings (SSSR count). The molecule has 0 bridgehead atoms. The van der Waals surface area contributed by atoms with Crippen molar-refractivity contribution in [2.75, 3.05) is 11.9 Å². The van der Waals surface area contributed by atoms with E-state index in [0.717, 1.165) is 11.3 Å². The van der Waals surface area contributed by atoms with E-state index in [1.54, 1.807) is 18.2 Å². The number of hydrogen-bond acceptors (Lipinski definition) is 2. The van der Waals surface area contributed by atoms with E-state index in [4.69, 9.17) is 51.1 Å². The van der Waals surface area contributed by atoms with Crippen LogP contribution in [0.1, 0.15) is 12.5 Å². The monoisotopic (exact) mass is 363 g/mol. The molecule has 0 heterocycles. The summed E-state index contributed by atoms with van der Waals surface area (Å²) in [4.78, 5) is 0. The Labute approximate surface area is 143 Å². The number of nitrogens with one attached hydrogen (secondary N) is 1. The minimum absolute atomic E-state index is 0.491. The van der Waals surface area contributed by atoms with Gasteiger partial charge in [-0.05, 0) is 42.8 Å². The van der Waals surface area contributed by atoms with Gasteiger partial charge in [-0.25, -0.2) is 0 Å². The van der Waals surface area contributed by atoms with Crippen molar-refractivity contribution in [3.63, 3.8) is 0 Å². The minimum Gasteiger partial charge on any atom is -0.491 e. The summed E-state index contributed by atoms with van der Waals surface area (Å²) in [5.74, 6) is 0.510. The number of benzene rings is 2. The zero-order valence-electron chi connectivity index (χ0n) is 11.2. The van der Waals surface area contributed by atoms with Gasteiger partial charge in [0, 0.05) is 22.3 Å². The van der Waals surface area contributed by atoms with Gasteiger partial charge in [-0.15, -0.1) is 0 Å². The molecule has 2 aromatic rings. The molecule has 0 aliphatic heterocycles. The highest BCUT2D eigenvalue weighted by molar-refractivity contribution is 6.37. The average Bonchev–Trinajstić information content (AvgIpc) is 2.39. The lowest BCUT2D eigenvalue weighted by molar-refractivity contribution is 0.340. The normalized spacial score (nSPS) is 10.5. The Hall–Kier alpha value is -0.800. The van der Waals surface area contributed by atoms with Crippen LogP contribution in [-0.4, -0.2) is 6.61 Å². The lowest BCUT2D eigenvalue weighted by Gasteiger charge is -2.12. The highest BCUT2D eigenvalue weighted by atomic mass is 35.5. The average molecular weight is 365 g/mol.